The van der Waals surface area contributed by atoms with Crippen LogP contribution >= 0.6 is 12.6 Å². The Bertz CT molecular complexity index is 439. The van der Waals surface area contributed by atoms with Crippen molar-refractivity contribution in [3.05, 3.63) is 24.3 Å². The van der Waals surface area contributed by atoms with Gasteiger partial charge in [-0.15, -0.1) is 0 Å². The zero-order valence-electron chi connectivity index (χ0n) is 8.47. The van der Waals surface area contributed by atoms with Crippen molar-refractivity contribution < 1.29 is 30.9 Å². The number of thiol groups is 1. The molecule has 0 heterocycles. The molecule has 1 N–H and O–H groups in total. The van der Waals surface area contributed by atoms with Gasteiger partial charge in [0.25, 0.3) is 0 Å². The third kappa shape index (κ3) is 4.73. The second-order valence-corrected chi connectivity index (χ2v) is 4.01. The second-order valence-electron chi connectivity index (χ2n) is 2.48. The lowest BCUT2D eigenvalue weighted by Crippen LogP contribution is -2.27. The van der Waals surface area contributed by atoms with Crippen molar-refractivity contribution in [2.75, 3.05) is 6.26 Å². The van der Waals surface area contributed by atoms with Crippen LogP contribution in [0.25, 0.3) is 0 Å². The molecule has 0 aliphatic heterocycles. The van der Waals surface area contributed by atoms with E-state index in [9.17, 15) is 21.6 Å². The Balaban J connectivity index is 0.00000121. The number of halogens is 3. The molecule has 0 amide bonds. The van der Waals surface area contributed by atoms with E-state index in [1.54, 1.807) is 6.26 Å². The van der Waals surface area contributed by atoms with E-state index in [1.165, 1.54) is 0 Å². The molecule has 0 bridgehead atoms. The fraction of sp³-hybridized carbons (Fsp3) is 0.250. The number of rotatable bonds is 2. The van der Waals surface area contributed by atoms with Crippen LogP contribution in [0.5, 0.6) is 11.5 Å². The van der Waals surface area contributed by atoms with E-state index < -0.39 is 21.4 Å². The van der Waals surface area contributed by atoms with Gasteiger partial charge in [-0.2, -0.15) is 34.2 Å². The van der Waals surface area contributed by atoms with Crippen molar-refractivity contribution in [1.82, 2.24) is 0 Å². The molecule has 98 valence electrons. The summed E-state index contributed by atoms with van der Waals surface area (Å²) in [6, 6.07) is 3.81. The molecule has 1 aromatic carbocycles. The molecular formula is C8H9F3O4S2. The topological polar surface area (TPSA) is 63.6 Å². The van der Waals surface area contributed by atoms with Gasteiger partial charge in [-0.05, 0) is 30.5 Å². The minimum Gasteiger partial charge on any atom is -0.508 e. The summed E-state index contributed by atoms with van der Waals surface area (Å²) in [6.45, 7) is 0. The number of phenolic OH excluding ortho intramolecular Hbond substituents is 1. The van der Waals surface area contributed by atoms with Crippen LogP contribution in [0.2, 0.25) is 0 Å². The zero-order chi connectivity index (χ0) is 13.7. The summed E-state index contributed by atoms with van der Waals surface area (Å²) >= 11 is 3.53. The fourth-order valence-corrected chi connectivity index (χ4v) is 1.13. The molecule has 0 spiro atoms. The maximum absolute atomic E-state index is 11.8. The van der Waals surface area contributed by atoms with Crippen LogP contribution in [-0.2, 0) is 10.1 Å². The minimum absolute atomic E-state index is 0.216. The van der Waals surface area contributed by atoms with Crippen molar-refractivity contribution in [3.63, 3.8) is 0 Å². The van der Waals surface area contributed by atoms with Gasteiger partial charge in [0, 0.05) is 0 Å². The summed E-state index contributed by atoms with van der Waals surface area (Å²) in [5.41, 5.74) is -5.47. The monoisotopic (exact) mass is 290 g/mol. The van der Waals surface area contributed by atoms with E-state index in [0.717, 1.165) is 24.3 Å². The lowest BCUT2D eigenvalue weighted by molar-refractivity contribution is -0.0500. The first-order chi connectivity index (χ1) is 7.72. The van der Waals surface area contributed by atoms with Crippen molar-refractivity contribution in [1.29, 1.82) is 0 Å². The molecule has 0 saturated heterocycles. The van der Waals surface area contributed by atoms with Gasteiger partial charge in [0.1, 0.15) is 11.5 Å². The molecule has 0 aliphatic rings. The normalized spacial score (nSPS) is 11.4. The number of phenols is 1. The van der Waals surface area contributed by atoms with E-state index in [0.29, 0.717) is 0 Å². The van der Waals surface area contributed by atoms with Crippen molar-refractivity contribution in [2.24, 2.45) is 0 Å². The number of hydrogen-bond donors (Lipinski definition) is 2. The minimum atomic E-state index is -5.65. The Morgan fingerprint density at radius 2 is 1.59 bits per heavy atom. The molecule has 4 nitrogen and oxygen atoms in total. The average Bonchev–Trinajstić information content (AvgIpc) is 2.22. The third-order valence-corrected chi connectivity index (χ3v) is 2.30. The van der Waals surface area contributed by atoms with Gasteiger partial charge in [-0.1, -0.05) is 0 Å². The van der Waals surface area contributed by atoms with Gasteiger partial charge in [-0.25, -0.2) is 0 Å². The summed E-state index contributed by atoms with van der Waals surface area (Å²) in [4.78, 5) is 0. The van der Waals surface area contributed by atoms with Crippen LogP contribution in [0.4, 0.5) is 13.2 Å². The summed E-state index contributed by atoms with van der Waals surface area (Å²) < 4.78 is 60.3. The predicted molar refractivity (Wildman–Crippen MR) is 58.6 cm³/mol. The predicted octanol–water partition coefficient (Wildman–Crippen LogP) is 2.17. The van der Waals surface area contributed by atoms with Gasteiger partial charge in [0.15, 0.2) is 0 Å². The Hall–Kier alpha value is -1.09. The SMILES string of the molecule is CS.O=S(=O)(Oc1ccc(O)cc1)C(F)(F)F. The van der Waals surface area contributed by atoms with E-state index in [-0.39, 0.29) is 5.75 Å². The van der Waals surface area contributed by atoms with Crippen molar-refractivity contribution in [3.8, 4) is 11.5 Å². The Kier molecular flexibility index (Phi) is 5.62. The highest BCUT2D eigenvalue weighted by molar-refractivity contribution is 7.88. The molecule has 0 atom stereocenters. The van der Waals surface area contributed by atoms with Crippen LogP contribution in [-0.4, -0.2) is 25.3 Å². The smallest absolute Gasteiger partial charge is 0.508 e. The fourth-order valence-electron chi connectivity index (χ4n) is 0.676. The number of alkyl halides is 3. The maximum atomic E-state index is 11.8. The number of benzene rings is 1. The Morgan fingerprint density at radius 3 is 1.94 bits per heavy atom. The highest BCUT2D eigenvalue weighted by Crippen LogP contribution is 2.27. The van der Waals surface area contributed by atoms with E-state index in [4.69, 9.17) is 5.11 Å². The third-order valence-electron chi connectivity index (χ3n) is 1.33. The molecule has 9 heteroatoms. The van der Waals surface area contributed by atoms with Crippen LogP contribution in [0.1, 0.15) is 0 Å². The molecule has 0 fully saturated rings. The quantitative estimate of drug-likeness (QED) is 0.498. The maximum Gasteiger partial charge on any atom is 0.534 e. The van der Waals surface area contributed by atoms with E-state index in [2.05, 4.69) is 16.8 Å². The number of hydrogen-bond acceptors (Lipinski definition) is 5. The lowest BCUT2D eigenvalue weighted by Gasteiger charge is -2.08. The highest BCUT2D eigenvalue weighted by atomic mass is 32.2. The van der Waals surface area contributed by atoms with Crippen LogP contribution in [0.3, 0.4) is 0 Å². The molecule has 0 radical (unpaired) electrons. The second kappa shape index (κ2) is 6.01. The summed E-state index contributed by atoms with van der Waals surface area (Å²) in [6.07, 6.45) is 1.69. The molecular weight excluding hydrogens is 281 g/mol. The van der Waals surface area contributed by atoms with Crippen LogP contribution in [0, 0.1) is 0 Å². The van der Waals surface area contributed by atoms with E-state index in [1.807, 2.05) is 0 Å². The van der Waals surface area contributed by atoms with Crippen molar-refractivity contribution >= 4 is 22.7 Å². The van der Waals surface area contributed by atoms with Crippen molar-refractivity contribution in [2.45, 2.75) is 5.51 Å². The van der Waals surface area contributed by atoms with E-state index >= 15 is 0 Å². The van der Waals surface area contributed by atoms with Gasteiger partial charge in [0.05, 0.1) is 0 Å². The molecule has 0 aromatic heterocycles. The van der Waals surface area contributed by atoms with Crippen LogP contribution in [0.15, 0.2) is 24.3 Å². The highest BCUT2D eigenvalue weighted by Gasteiger charge is 2.48. The lowest BCUT2D eigenvalue weighted by atomic mass is 10.3. The molecule has 0 unspecified atom stereocenters. The first-order valence-electron chi connectivity index (χ1n) is 3.97. The summed E-state index contributed by atoms with van der Waals surface area (Å²) in [5, 5.41) is 8.79. The van der Waals surface area contributed by atoms with Gasteiger partial charge >= 0.3 is 15.6 Å². The number of aromatic hydroxyl groups is 1. The Labute approximate surface area is 102 Å². The van der Waals surface area contributed by atoms with Gasteiger partial charge in [0.2, 0.25) is 0 Å². The Morgan fingerprint density at radius 1 is 1.18 bits per heavy atom. The summed E-state index contributed by atoms with van der Waals surface area (Å²) in [7, 11) is -5.65. The van der Waals surface area contributed by atoms with Crippen LogP contribution < -0.4 is 4.18 Å². The zero-order valence-corrected chi connectivity index (χ0v) is 10.2. The first-order valence-corrected chi connectivity index (χ1v) is 6.27. The first kappa shape index (κ1) is 15.9. The molecule has 1 rings (SSSR count). The molecule has 17 heavy (non-hydrogen) atoms. The largest absolute Gasteiger partial charge is 0.534 e. The average molecular weight is 290 g/mol. The van der Waals surface area contributed by atoms with Gasteiger partial charge in [-0.3, -0.25) is 0 Å². The standard InChI is InChI=1S/C7H5F3O4S.CH4S/c8-7(9,10)15(12,13)14-6-3-1-5(11)2-4-6;1-2/h1-4,11H;2H,1H3. The summed E-state index contributed by atoms with van der Waals surface area (Å²) in [5.74, 6) is -0.739. The van der Waals surface area contributed by atoms with Gasteiger partial charge < -0.3 is 9.29 Å². The molecule has 0 aliphatic carbocycles. The molecule has 1 aromatic rings. The molecule has 0 saturated carbocycles.